The SMILES string of the molecule is COc1ccc(C(=O)C(C)OC(=O)c2cncc(Br)c2)cc1. The summed E-state index contributed by atoms with van der Waals surface area (Å²) in [6, 6.07) is 8.21. The third kappa shape index (κ3) is 3.92. The number of carbonyl (C=O) groups is 2. The van der Waals surface area contributed by atoms with E-state index < -0.39 is 12.1 Å². The van der Waals surface area contributed by atoms with Crippen molar-refractivity contribution in [3.8, 4) is 5.75 Å². The zero-order chi connectivity index (χ0) is 16.1. The normalized spacial score (nSPS) is 11.6. The minimum absolute atomic E-state index is 0.279. The van der Waals surface area contributed by atoms with Gasteiger partial charge in [0.05, 0.1) is 12.7 Å². The van der Waals surface area contributed by atoms with Gasteiger partial charge in [0.15, 0.2) is 6.10 Å². The summed E-state index contributed by atoms with van der Waals surface area (Å²) in [5.74, 6) is -0.219. The van der Waals surface area contributed by atoms with Crippen LogP contribution in [0.3, 0.4) is 0 Å². The van der Waals surface area contributed by atoms with Crippen molar-refractivity contribution in [1.82, 2.24) is 4.98 Å². The van der Waals surface area contributed by atoms with Gasteiger partial charge >= 0.3 is 5.97 Å². The highest BCUT2D eigenvalue weighted by atomic mass is 79.9. The predicted molar refractivity (Wildman–Crippen MR) is 84.1 cm³/mol. The lowest BCUT2D eigenvalue weighted by Crippen LogP contribution is -2.24. The Bertz CT molecular complexity index is 685. The maximum Gasteiger partial charge on any atom is 0.340 e. The number of ether oxygens (including phenoxy) is 2. The molecular weight excluding hydrogens is 350 g/mol. The van der Waals surface area contributed by atoms with Gasteiger partial charge in [0.2, 0.25) is 5.78 Å². The van der Waals surface area contributed by atoms with Crippen LogP contribution in [0.25, 0.3) is 0 Å². The Kier molecular flexibility index (Phi) is 5.27. The Morgan fingerprint density at radius 3 is 2.41 bits per heavy atom. The maximum absolute atomic E-state index is 12.2. The number of methoxy groups -OCH3 is 1. The summed E-state index contributed by atoms with van der Waals surface area (Å²) < 4.78 is 10.9. The molecular formula is C16H14BrNO4. The molecule has 0 aliphatic carbocycles. The molecule has 0 saturated heterocycles. The average Bonchev–Trinajstić information content (AvgIpc) is 2.54. The molecule has 0 saturated carbocycles. The summed E-state index contributed by atoms with van der Waals surface area (Å²) in [4.78, 5) is 28.1. The molecule has 1 atom stereocenters. The molecule has 6 heteroatoms. The quantitative estimate of drug-likeness (QED) is 0.602. The number of nitrogens with zero attached hydrogens (tertiary/aromatic N) is 1. The third-order valence-electron chi connectivity index (χ3n) is 2.97. The highest BCUT2D eigenvalue weighted by Crippen LogP contribution is 2.15. The molecule has 0 aliphatic rings. The number of halogens is 1. The van der Waals surface area contributed by atoms with E-state index in [0.717, 1.165) is 0 Å². The lowest BCUT2D eigenvalue weighted by molar-refractivity contribution is 0.0318. The smallest absolute Gasteiger partial charge is 0.340 e. The van der Waals surface area contributed by atoms with Crippen molar-refractivity contribution in [3.05, 3.63) is 58.3 Å². The van der Waals surface area contributed by atoms with Gasteiger partial charge in [-0.2, -0.15) is 0 Å². The van der Waals surface area contributed by atoms with Crippen LogP contribution in [0, 0.1) is 0 Å². The van der Waals surface area contributed by atoms with E-state index in [1.807, 2.05) is 0 Å². The summed E-state index contributed by atoms with van der Waals surface area (Å²) >= 11 is 3.23. The monoisotopic (exact) mass is 363 g/mol. The van der Waals surface area contributed by atoms with Gasteiger partial charge < -0.3 is 9.47 Å². The topological polar surface area (TPSA) is 65.5 Å². The first-order valence-corrected chi connectivity index (χ1v) is 7.30. The Morgan fingerprint density at radius 2 is 1.82 bits per heavy atom. The zero-order valence-electron chi connectivity index (χ0n) is 12.1. The third-order valence-corrected chi connectivity index (χ3v) is 3.40. The van der Waals surface area contributed by atoms with Crippen molar-refractivity contribution >= 4 is 27.7 Å². The van der Waals surface area contributed by atoms with Gasteiger partial charge in [-0.15, -0.1) is 0 Å². The molecule has 2 aromatic rings. The predicted octanol–water partition coefficient (Wildman–Crippen LogP) is 3.28. The van der Waals surface area contributed by atoms with Crippen molar-refractivity contribution in [2.75, 3.05) is 7.11 Å². The molecule has 0 spiro atoms. The minimum atomic E-state index is -0.889. The number of rotatable bonds is 5. The molecule has 5 nitrogen and oxygen atoms in total. The average molecular weight is 364 g/mol. The van der Waals surface area contributed by atoms with E-state index >= 15 is 0 Å². The second kappa shape index (κ2) is 7.17. The molecule has 1 aromatic heterocycles. The Morgan fingerprint density at radius 1 is 1.14 bits per heavy atom. The number of ketones is 1. The lowest BCUT2D eigenvalue weighted by atomic mass is 10.1. The summed E-state index contributed by atoms with van der Waals surface area (Å²) in [5, 5.41) is 0. The lowest BCUT2D eigenvalue weighted by Gasteiger charge is -2.12. The standard InChI is InChI=1S/C16H14BrNO4/c1-10(15(19)11-3-5-14(21-2)6-4-11)22-16(20)12-7-13(17)9-18-8-12/h3-10H,1-2H3. The van der Waals surface area contributed by atoms with Crippen LogP contribution in [0.1, 0.15) is 27.6 Å². The van der Waals surface area contributed by atoms with Crippen LogP contribution in [0.4, 0.5) is 0 Å². The first kappa shape index (κ1) is 16.2. The fourth-order valence-corrected chi connectivity index (χ4v) is 2.16. The first-order valence-electron chi connectivity index (χ1n) is 6.51. The van der Waals surface area contributed by atoms with E-state index in [9.17, 15) is 9.59 Å². The molecule has 114 valence electrons. The first-order chi connectivity index (χ1) is 10.5. The largest absolute Gasteiger partial charge is 0.497 e. The van der Waals surface area contributed by atoms with Crippen LogP contribution in [-0.4, -0.2) is 30.0 Å². The molecule has 22 heavy (non-hydrogen) atoms. The van der Waals surface area contributed by atoms with E-state index in [0.29, 0.717) is 15.8 Å². The maximum atomic E-state index is 12.2. The minimum Gasteiger partial charge on any atom is -0.497 e. The van der Waals surface area contributed by atoms with Crippen molar-refractivity contribution in [1.29, 1.82) is 0 Å². The fraction of sp³-hybridized carbons (Fsp3) is 0.188. The van der Waals surface area contributed by atoms with Gasteiger partial charge in [-0.3, -0.25) is 9.78 Å². The molecule has 0 amide bonds. The second-order valence-corrected chi connectivity index (χ2v) is 5.45. The molecule has 0 fully saturated rings. The van der Waals surface area contributed by atoms with Gasteiger partial charge in [0, 0.05) is 22.4 Å². The van der Waals surface area contributed by atoms with Crippen molar-refractivity contribution in [2.45, 2.75) is 13.0 Å². The van der Waals surface area contributed by atoms with Crippen LogP contribution < -0.4 is 4.74 Å². The summed E-state index contributed by atoms with van der Waals surface area (Å²) in [6.45, 7) is 1.54. The van der Waals surface area contributed by atoms with E-state index in [1.54, 1.807) is 43.6 Å². The highest BCUT2D eigenvalue weighted by molar-refractivity contribution is 9.10. The number of aromatic nitrogens is 1. The molecule has 0 radical (unpaired) electrons. The highest BCUT2D eigenvalue weighted by Gasteiger charge is 2.20. The number of hydrogen-bond donors (Lipinski definition) is 0. The molecule has 0 bridgehead atoms. The second-order valence-electron chi connectivity index (χ2n) is 4.53. The van der Waals surface area contributed by atoms with Gasteiger partial charge in [-0.05, 0) is 53.2 Å². The van der Waals surface area contributed by atoms with Gasteiger partial charge in [0.1, 0.15) is 5.75 Å². The number of carbonyl (C=O) groups excluding carboxylic acids is 2. The Balaban J connectivity index is 2.05. The summed E-state index contributed by atoms with van der Waals surface area (Å²) in [7, 11) is 1.55. The van der Waals surface area contributed by atoms with Crippen LogP contribution >= 0.6 is 15.9 Å². The summed E-state index contributed by atoms with van der Waals surface area (Å²) in [5.41, 5.74) is 0.734. The van der Waals surface area contributed by atoms with Gasteiger partial charge in [0.25, 0.3) is 0 Å². The number of esters is 1. The van der Waals surface area contributed by atoms with E-state index in [1.165, 1.54) is 13.1 Å². The molecule has 1 heterocycles. The number of hydrogen-bond acceptors (Lipinski definition) is 5. The summed E-state index contributed by atoms with van der Waals surface area (Å²) in [6.07, 6.45) is 2.06. The molecule has 0 N–H and O–H groups in total. The molecule has 1 unspecified atom stereocenters. The Labute approximate surface area is 136 Å². The van der Waals surface area contributed by atoms with Gasteiger partial charge in [-0.1, -0.05) is 0 Å². The van der Waals surface area contributed by atoms with Crippen LogP contribution in [0.5, 0.6) is 5.75 Å². The van der Waals surface area contributed by atoms with Crippen molar-refractivity contribution in [3.63, 3.8) is 0 Å². The zero-order valence-corrected chi connectivity index (χ0v) is 13.7. The van der Waals surface area contributed by atoms with E-state index in [-0.39, 0.29) is 11.3 Å². The van der Waals surface area contributed by atoms with Crippen molar-refractivity contribution in [2.24, 2.45) is 0 Å². The van der Waals surface area contributed by atoms with E-state index in [4.69, 9.17) is 9.47 Å². The van der Waals surface area contributed by atoms with Crippen LogP contribution in [-0.2, 0) is 4.74 Å². The number of pyridine rings is 1. The van der Waals surface area contributed by atoms with Crippen LogP contribution in [0.15, 0.2) is 47.2 Å². The number of Topliss-reactive ketones (excluding diaryl/α,β-unsaturated/α-hetero) is 1. The van der Waals surface area contributed by atoms with Crippen LogP contribution in [0.2, 0.25) is 0 Å². The molecule has 0 aliphatic heterocycles. The van der Waals surface area contributed by atoms with Crippen molar-refractivity contribution < 1.29 is 19.1 Å². The van der Waals surface area contributed by atoms with E-state index in [2.05, 4.69) is 20.9 Å². The molecule has 2 rings (SSSR count). The molecule has 1 aromatic carbocycles. The van der Waals surface area contributed by atoms with Gasteiger partial charge in [-0.25, -0.2) is 4.79 Å². The Hall–Kier alpha value is -2.21. The number of benzene rings is 1. The fourth-order valence-electron chi connectivity index (χ4n) is 1.80.